The van der Waals surface area contributed by atoms with E-state index in [1.807, 2.05) is 26.3 Å². The number of nitrogens with one attached hydrogen (secondary N) is 1. The number of amides is 1. The maximum Gasteiger partial charge on any atom is 0.294 e. The summed E-state index contributed by atoms with van der Waals surface area (Å²) in [5, 5.41) is 2.25. The molecule has 7 heteroatoms. The first kappa shape index (κ1) is 15.0. The number of nitrogen functional groups attached to an aromatic ring is 1. The number of hydrogen-bond donors (Lipinski definition) is 2. The molecule has 0 saturated carbocycles. The van der Waals surface area contributed by atoms with Crippen LogP contribution in [-0.2, 0) is 11.3 Å². The van der Waals surface area contributed by atoms with E-state index in [-0.39, 0.29) is 12.0 Å². The van der Waals surface area contributed by atoms with Crippen molar-refractivity contribution < 1.29 is 9.53 Å². The molecule has 1 aromatic rings. The maximum atomic E-state index is 11.2. The van der Waals surface area contributed by atoms with Crippen LogP contribution in [0.4, 0.5) is 0 Å². The smallest absolute Gasteiger partial charge is 0.294 e. The topological polar surface area (TPSA) is 80.5 Å². The van der Waals surface area contributed by atoms with Crippen molar-refractivity contribution in [2.24, 2.45) is 5.84 Å². The third-order valence-electron chi connectivity index (χ3n) is 2.23. The number of rotatable bonds is 7. The SMILES string of the molecule is CC(C)OCCN(C)Cc1csc(C(=O)NN)n1. The Morgan fingerprint density at radius 1 is 1.67 bits per heavy atom. The Labute approximate surface area is 111 Å². The second-order valence-electron chi connectivity index (χ2n) is 4.27. The maximum absolute atomic E-state index is 11.2. The second kappa shape index (κ2) is 7.42. The number of carbonyl (C=O) groups is 1. The summed E-state index contributed by atoms with van der Waals surface area (Å²) in [6.45, 7) is 6.23. The summed E-state index contributed by atoms with van der Waals surface area (Å²) in [7, 11) is 1.99. The summed E-state index contributed by atoms with van der Waals surface area (Å²) in [6.07, 6.45) is 0.248. The van der Waals surface area contributed by atoms with E-state index in [1.165, 1.54) is 11.3 Å². The molecular weight excluding hydrogens is 252 g/mol. The Balaban J connectivity index is 2.37. The average molecular weight is 272 g/mol. The molecule has 3 N–H and O–H groups in total. The minimum Gasteiger partial charge on any atom is -0.377 e. The van der Waals surface area contributed by atoms with Crippen LogP contribution < -0.4 is 11.3 Å². The Bertz CT molecular complexity index is 381. The average Bonchev–Trinajstić information content (AvgIpc) is 2.76. The molecule has 6 nitrogen and oxygen atoms in total. The van der Waals surface area contributed by atoms with E-state index >= 15 is 0 Å². The number of thiazole rings is 1. The van der Waals surface area contributed by atoms with E-state index in [2.05, 4.69) is 15.3 Å². The van der Waals surface area contributed by atoms with Crippen molar-refractivity contribution in [1.29, 1.82) is 0 Å². The fourth-order valence-corrected chi connectivity index (χ4v) is 2.06. The van der Waals surface area contributed by atoms with Gasteiger partial charge in [0.2, 0.25) is 0 Å². The Kier molecular flexibility index (Phi) is 6.20. The monoisotopic (exact) mass is 272 g/mol. The van der Waals surface area contributed by atoms with Crippen molar-refractivity contribution in [2.45, 2.75) is 26.5 Å². The first-order valence-electron chi connectivity index (χ1n) is 5.78. The number of ether oxygens (including phenoxy) is 1. The standard InChI is InChI=1S/C11H20N4O2S/c1-8(2)17-5-4-15(3)6-9-7-18-11(13-9)10(16)14-12/h7-8H,4-6,12H2,1-3H3,(H,14,16). The quantitative estimate of drug-likeness (QED) is 0.432. The van der Waals surface area contributed by atoms with E-state index in [4.69, 9.17) is 10.6 Å². The molecule has 1 rings (SSSR count). The molecular formula is C11H20N4O2S. The van der Waals surface area contributed by atoms with Gasteiger partial charge in [0.05, 0.1) is 18.4 Å². The highest BCUT2D eigenvalue weighted by atomic mass is 32.1. The zero-order valence-electron chi connectivity index (χ0n) is 11.0. The van der Waals surface area contributed by atoms with Gasteiger partial charge in [0.15, 0.2) is 5.01 Å². The van der Waals surface area contributed by atoms with Crippen LogP contribution >= 0.6 is 11.3 Å². The lowest BCUT2D eigenvalue weighted by Gasteiger charge is -2.16. The molecule has 0 unspecified atom stereocenters. The molecule has 0 aromatic carbocycles. The summed E-state index contributed by atoms with van der Waals surface area (Å²) in [5.41, 5.74) is 2.94. The molecule has 0 spiro atoms. The summed E-state index contributed by atoms with van der Waals surface area (Å²) >= 11 is 1.29. The van der Waals surface area contributed by atoms with Crippen LogP contribution in [0.5, 0.6) is 0 Å². The third-order valence-corrected chi connectivity index (χ3v) is 3.12. The third kappa shape index (κ3) is 5.09. The van der Waals surface area contributed by atoms with Gasteiger partial charge in [-0.3, -0.25) is 15.1 Å². The van der Waals surface area contributed by atoms with Gasteiger partial charge < -0.3 is 4.74 Å². The Morgan fingerprint density at radius 2 is 2.39 bits per heavy atom. The van der Waals surface area contributed by atoms with Crippen LogP contribution in [0.3, 0.4) is 0 Å². The molecule has 18 heavy (non-hydrogen) atoms. The van der Waals surface area contributed by atoms with Gasteiger partial charge in [0, 0.05) is 18.5 Å². The number of hydrazine groups is 1. The fourth-order valence-electron chi connectivity index (χ4n) is 1.35. The lowest BCUT2D eigenvalue weighted by molar-refractivity contribution is 0.0625. The predicted molar refractivity (Wildman–Crippen MR) is 71.2 cm³/mol. The second-order valence-corrected chi connectivity index (χ2v) is 5.13. The van der Waals surface area contributed by atoms with Crippen LogP contribution in [0.1, 0.15) is 29.3 Å². The predicted octanol–water partition coefficient (Wildman–Crippen LogP) is 0.603. The first-order chi connectivity index (χ1) is 8.52. The Hall–Kier alpha value is -1.02. The number of carbonyl (C=O) groups excluding carboxylic acids is 1. The molecule has 0 aliphatic heterocycles. The summed E-state index contributed by atoms with van der Waals surface area (Å²) in [4.78, 5) is 17.5. The van der Waals surface area contributed by atoms with Gasteiger partial charge >= 0.3 is 0 Å². The largest absolute Gasteiger partial charge is 0.377 e. The molecule has 0 bridgehead atoms. The summed E-state index contributed by atoms with van der Waals surface area (Å²) < 4.78 is 5.47. The molecule has 1 heterocycles. The summed E-state index contributed by atoms with van der Waals surface area (Å²) in [6, 6.07) is 0. The van der Waals surface area contributed by atoms with Crippen molar-refractivity contribution in [2.75, 3.05) is 20.2 Å². The Morgan fingerprint density at radius 3 is 3.00 bits per heavy atom. The van der Waals surface area contributed by atoms with E-state index in [1.54, 1.807) is 0 Å². The van der Waals surface area contributed by atoms with Crippen LogP contribution in [0.25, 0.3) is 0 Å². The molecule has 102 valence electrons. The number of likely N-dealkylation sites (N-methyl/N-ethyl adjacent to an activating group) is 1. The van der Waals surface area contributed by atoms with Gasteiger partial charge in [0.25, 0.3) is 5.91 Å². The van der Waals surface area contributed by atoms with Crippen LogP contribution in [0, 0.1) is 0 Å². The zero-order valence-corrected chi connectivity index (χ0v) is 11.8. The molecule has 0 saturated heterocycles. The highest BCUT2D eigenvalue weighted by Crippen LogP contribution is 2.10. The molecule has 0 aliphatic rings. The molecule has 0 radical (unpaired) electrons. The normalized spacial score (nSPS) is 11.2. The lowest BCUT2D eigenvalue weighted by atomic mass is 10.4. The van der Waals surface area contributed by atoms with Gasteiger partial charge in [-0.2, -0.15) is 0 Å². The van der Waals surface area contributed by atoms with E-state index in [0.29, 0.717) is 18.2 Å². The molecule has 0 aliphatic carbocycles. The van der Waals surface area contributed by atoms with Gasteiger partial charge in [0.1, 0.15) is 0 Å². The van der Waals surface area contributed by atoms with Crippen molar-refractivity contribution in [3.05, 3.63) is 16.1 Å². The van der Waals surface area contributed by atoms with Crippen LogP contribution in [-0.4, -0.2) is 42.1 Å². The highest BCUT2D eigenvalue weighted by molar-refractivity contribution is 7.11. The fraction of sp³-hybridized carbons (Fsp3) is 0.636. The molecule has 1 amide bonds. The highest BCUT2D eigenvalue weighted by Gasteiger charge is 2.10. The number of nitrogens with two attached hydrogens (primary N) is 1. The van der Waals surface area contributed by atoms with Gasteiger partial charge in [-0.25, -0.2) is 10.8 Å². The molecule has 0 fully saturated rings. The molecule has 1 aromatic heterocycles. The van der Waals surface area contributed by atoms with Crippen molar-refractivity contribution in [3.63, 3.8) is 0 Å². The van der Waals surface area contributed by atoms with E-state index in [0.717, 1.165) is 12.2 Å². The summed E-state index contributed by atoms with van der Waals surface area (Å²) in [5.74, 6) is 4.70. The molecule has 0 atom stereocenters. The lowest BCUT2D eigenvalue weighted by Crippen LogP contribution is -2.30. The minimum absolute atomic E-state index is 0.248. The van der Waals surface area contributed by atoms with E-state index < -0.39 is 0 Å². The van der Waals surface area contributed by atoms with Crippen molar-refractivity contribution in [3.8, 4) is 0 Å². The zero-order chi connectivity index (χ0) is 13.5. The van der Waals surface area contributed by atoms with Gasteiger partial charge in [-0.15, -0.1) is 11.3 Å². The minimum atomic E-state index is -0.350. The number of nitrogens with zero attached hydrogens (tertiary/aromatic N) is 2. The van der Waals surface area contributed by atoms with E-state index in [9.17, 15) is 4.79 Å². The van der Waals surface area contributed by atoms with Crippen LogP contribution in [0.15, 0.2) is 5.38 Å². The first-order valence-corrected chi connectivity index (χ1v) is 6.66. The van der Waals surface area contributed by atoms with Crippen LogP contribution in [0.2, 0.25) is 0 Å². The van der Waals surface area contributed by atoms with Crippen molar-refractivity contribution in [1.82, 2.24) is 15.3 Å². The van der Waals surface area contributed by atoms with Gasteiger partial charge in [-0.1, -0.05) is 0 Å². The van der Waals surface area contributed by atoms with Crippen molar-refractivity contribution >= 4 is 17.2 Å². The number of aromatic nitrogens is 1. The number of hydrogen-bond acceptors (Lipinski definition) is 6. The van der Waals surface area contributed by atoms with Gasteiger partial charge in [-0.05, 0) is 20.9 Å².